The van der Waals surface area contributed by atoms with E-state index in [1.165, 1.54) is 0 Å². The fourth-order valence-corrected chi connectivity index (χ4v) is 1.46. The first-order chi connectivity index (χ1) is 6.92. The van der Waals surface area contributed by atoms with Gasteiger partial charge in [-0.2, -0.15) is 0 Å². The first-order valence-electron chi connectivity index (χ1n) is 5.48. The van der Waals surface area contributed by atoms with Crippen molar-refractivity contribution < 1.29 is 9.53 Å². The quantitative estimate of drug-likeness (QED) is 0.720. The third kappa shape index (κ3) is 3.47. The van der Waals surface area contributed by atoms with Crippen LogP contribution >= 0.6 is 0 Å². The Morgan fingerprint density at radius 1 is 1.47 bits per heavy atom. The minimum Gasteiger partial charge on any atom is -0.383 e. The summed E-state index contributed by atoms with van der Waals surface area (Å²) in [5.74, 6) is -0.00273. The second-order valence-electron chi connectivity index (χ2n) is 4.08. The van der Waals surface area contributed by atoms with Crippen molar-refractivity contribution in [3.8, 4) is 0 Å². The number of hydrogen-bond donors (Lipinski definition) is 1. The maximum atomic E-state index is 12.1. The second kappa shape index (κ2) is 6.08. The van der Waals surface area contributed by atoms with Crippen molar-refractivity contribution in [3.63, 3.8) is 0 Å². The fraction of sp³-hybridized carbons (Fsp3) is 0.909. The molecule has 0 aromatic rings. The number of ether oxygens (including phenoxy) is 1. The number of amides is 1. The molecule has 15 heavy (non-hydrogen) atoms. The van der Waals surface area contributed by atoms with Crippen LogP contribution in [0.5, 0.6) is 0 Å². The van der Waals surface area contributed by atoms with Crippen LogP contribution in [0.4, 0.5) is 0 Å². The molecule has 0 bridgehead atoms. The smallest absolute Gasteiger partial charge is 0.242 e. The lowest BCUT2D eigenvalue weighted by Gasteiger charge is -2.34. The maximum Gasteiger partial charge on any atom is 0.242 e. The molecule has 1 amide bonds. The molecule has 1 atom stereocenters. The second-order valence-corrected chi connectivity index (χ2v) is 4.08. The lowest BCUT2D eigenvalue weighted by Crippen LogP contribution is -2.56. The summed E-state index contributed by atoms with van der Waals surface area (Å²) in [5, 5.41) is 0. The fourth-order valence-electron chi connectivity index (χ4n) is 1.46. The minimum absolute atomic E-state index is 0.00273. The van der Waals surface area contributed by atoms with Crippen molar-refractivity contribution in [3.05, 3.63) is 0 Å². The molecule has 0 rings (SSSR count). The van der Waals surface area contributed by atoms with E-state index in [0.29, 0.717) is 19.4 Å². The summed E-state index contributed by atoms with van der Waals surface area (Å²) in [7, 11) is 3.41. The molecule has 0 spiro atoms. The van der Waals surface area contributed by atoms with E-state index in [1.807, 2.05) is 20.8 Å². The molecule has 0 aliphatic carbocycles. The highest BCUT2D eigenvalue weighted by molar-refractivity contribution is 5.86. The van der Waals surface area contributed by atoms with Gasteiger partial charge in [-0.15, -0.1) is 0 Å². The standard InChI is InChI=1S/C11H24N2O2/c1-6-11(12,7-2)10(14)13(4)9(3)8-15-5/h9H,6-8,12H2,1-5H3. The predicted octanol–water partition coefficient (Wildman–Crippen LogP) is 0.997. The number of likely N-dealkylation sites (N-methyl/N-ethyl adjacent to an activating group) is 1. The SMILES string of the molecule is CCC(N)(CC)C(=O)N(C)C(C)COC. The topological polar surface area (TPSA) is 55.6 Å². The van der Waals surface area contributed by atoms with Crippen LogP contribution < -0.4 is 5.73 Å². The monoisotopic (exact) mass is 216 g/mol. The Morgan fingerprint density at radius 2 is 1.93 bits per heavy atom. The van der Waals surface area contributed by atoms with Crippen LogP contribution in [0.25, 0.3) is 0 Å². The summed E-state index contributed by atoms with van der Waals surface area (Å²) in [6.07, 6.45) is 1.32. The van der Waals surface area contributed by atoms with Crippen LogP contribution in [0.2, 0.25) is 0 Å². The average molecular weight is 216 g/mol. The molecule has 0 saturated heterocycles. The van der Waals surface area contributed by atoms with Gasteiger partial charge >= 0.3 is 0 Å². The molecule has 90 valence electrons. The van der Waals surface area contributed by atoms with Crippen molar-refractivity contribution >= 4 is 5.91 Å². The summed E-state index contributed by atoms with van der Waals surface area (Å²) in [6, 6.07) is 0.0588. The molecular weight excluding hydrogens is 192 g/mol. The van der Waals surface area contributed by atoms with Crippen molar-refractivity contribution in [2.24, 2.45) is 5.73 Å². The zero-order valence-corrected chi connectivity index (χ0v) is 10.5. The summed E-state index contributed by atoms with van der Waals surface area (Å²) in [6.45, 7) is 6.37. The number of methoxy groups -OCH3 is 1. The molecule has 1 unspecified atom stereocenters. The highest BCUT2D eigenvalue weighted by Crippen LogP contribution is 2.15. The van der Waals surface area contributed by atoms with Gasteiger partial charge in [0, 0.05) is 14.2 Å². The van der Waals surface area contributed by atoms with Crippen LogP contribution in [0.1, 0.15) is 33.6 Å². The molecule has 2 N–H and O–H groups in total. The van der Waals surface area contributed by atoms with E-state index in [0.717, 1.165) is 0 Å². The van der Waals surface area contributed by atoms with E-state index in [1.54, 1.807) is 19.1 Å². The molecule has 0 aromatic heterocycles. The minimum atomic E-state index is -0.725. The van der Waals surface area contributed by atoms with Gasteiger partial charge in [-0.25, -0.2) is 0 Å². The Hall–Kier alpha value is -0.610. The first kappa shape index (κ1) is 14.4. The third-order valence-electron chi connectivity index (χ3n) is 3.08. The summed E-state index contributed by atoms with van der Waals surface area (Å²) in [5.41, 5.74) is 5.32. The van der Waals surface area contributed by atoms with E-state index in [9.17, 15) is 4.79 Å². The molecule has 4 heteroatoms. The van der Waals surface area contributed by atoms with Gasteiger partial charge in [0.2, 0.25) is 5.91 Å². The number of hydrogen-bond acceptors (Lipinski definition) is 3. The van der Waals surface area contributed by atoms with Crippen LogP contribution in [0, 0.1) is 0 Å². The maximum absolute atomic E-state index is 12.1. The molecule has 0 heterocycles. The lowest BCUT2D eigenvalue weighted by atomic mass is 9.92. The number of nitrogens with two attached hydrogens (primary N) is 1. The molecule has 0 saturated carbocycles. The Balaban J connectivity index is 4.54. The van der Waals surface area contributed by atoms with Gasteiger partial charge in [-0.3, -0.25) is 4.79 Å². The Kier molecular flexibility index (Phi) is 5.83. The number of nitrogens with zero attached hydrogens (tertiary/aromatic N) is 1. The van der Waals surface area contributed by atoms with E-state index >= 15 is 0 Å². The van der Waals surface area contributed by atoms with Gasteiger partial charge in [0.05, 0.1) is 18.2 Å². The zero-order chi connectivity index (χ0) is 12.1. The largest absolute Gasteiger partial charge is 0.383 e. The van der Waals surface area contributed by atoms with Crippen molar-refractivity contribution in [1.29, 1.82) is 0 Å². The third-order valence-corrected chi connectivity index (χ3v) is 3.08. The van der Waals surface area contributed by atoms with Gasteiger partial charge in [-0.05, 0) is 19.8 Å². The van der Waals surface area contributed by atoms with Gasteiger partial charge in [0.1, 0.15) is 0 Å². The highest BCUT2D eigenvalue weighted by Gasteiger charge is 2.34. The van der Waals surface area contributed by atoms with Gasteiger partial charge in [-0.1, -0.05) is 13.8 Å². The van der Waals surface area contributed by atoms with Gasteiger partial charge < -0.3 is 15.4 Å². The molecule has 0 aliphatic rings. The summed E-state index contributed by atoms with van der Waals surface area (Å²) in [4.78, 5) is 13.8. The average Bonchev–Trinajstić information content (AvgIpc) is 2.26. The van der Waals surface area contributed by atoms with Gasteiger partial charge in [0.25, 0.3) is 0 Å². The van der Waals surface area contributed by atoms with Crippen LogP contribution in [-0.4, -0.2) is 43.2 Å². The molecular formula is C11H24N2O2. The molecule has 4 nitrogen and oxygen atoms in total. The summed E-state index contributed by atoms with van der Waals surface area (Å²) >= 11 is 0. The van der Waals surface area contributed by atoms with Crippen molar-refractivity contribution in [1.82, 2.24) is 4.90 Å². The Labute approximate surface area is 92.8 Å². The highest BCUT2D eigenvalue weighted by atomic mass is 16.5. The van der Waals surface area contributed by atoms with Crippen LogP contribution in [-0.2, 0) is 9.53 Å². The Morgan fingerprint density at radius 3 is 2.27 bits per heavy atom. The van der Waals surface area contributed by atoms with E-state index in [4.69, 9.17) is 10.5 Å². The van der Waals surface area contributed by atoms with E-state index in [-0.39, 0.29) is 11.9 Å². The normalized spacial score (nSPS) is 13.7. The van der Waals surface area contributed by atoms with Crippen LogP contribution in [0.15, 0.2) is 0 Å². The lowest BCUT2D eigenvalue weighted by molar-refractivity contribution is -0.138. The number of carbonyl (C=O) groups is 1. The van der Waals surface area contributed by atoms with Gasteiger partial charge in [0.15, 0.2) is 0 Å². The Bertz CT molecular complexity index is 203. The summed E-state index contributed by atoms with van der Waals surface area (Å²) < 4.78 is 5.02. The van der Waals surface area contributed by atoms with Crippen molar-refractivity contribution in [2.75, 3.05) is 20.8 Å². The van der Waals surface area contributed by atoms with Crippen LogP contribution in [0.3, 0.4) is 0 Å². The van der Waals surface area contributed by atoms with E-state index in [2.05, 4.69) is 0 Å². The first-order valence-corrected chi connectivity index (χ1v) is 5.48. The molecule has 0 fully saturated rings. The van der Waals surface area contributed by atoms with Crippen molar-refractivity contribution in [2.45, 2.75) is 45.2 Å². The molecule has 0 aliphatic heterocycles. The number of rotatable bonds is 6. The molecule has 0 aromatic carbocycles. The predicted molar refractivity (Wildman–Crippen MR) is 61.6 cm³/mol. The van der Waals surface area contributed by atoms with E-state index < -0.39 is 5.54 Å². The molecule has 0 radical (unpaired) electrons. The zero-order valence-electron chi connectivity index (χ0n) is 10.5. The number of carbonyl (C=O) groups excluding carboxylic acids is 1.